The van der Waals surface area contributed by atoms with Crippen molar-refractivity contribution in [2.24, 2.45) is 0 Å². The molecule has 2 rings (SSSR count). The normalized spacial score (nSPS) is 10.2. The van der Waals surface area contributed by atoms with Crippen LogP contribution < -0.4 is 4.74 Å². The molecule has 0 spiro atoms. The Morgan fingerprint density at radius 1 is 1.32 bits per heavy atom. The van der Waals surface area contributed by atoms with Crippen molar-refractivity contribution in [3.63, 3.8) is 0 Å². The minimum Gasteiger partial charge on any atom is -0.493 e. The SMILES string of the molecule is CCCOC(=O)c1nn(-c2ccccc2)cc1OC. The van der Waals surface area contributed by atoms with Crippen molar-refractivity contribution in [1.29, 1.82) is 0 Å². The maximum absolute atomic E-state index is 11.8. The van der Waals surface area contributed by atoms with Crippen molar-refractivity contribution in [1.82, 2.24) is 9.78 Å². The van der Waals surface area contributed by atoms with Crippen LogP contribution in [0.4, 0.5) is 0 Å². The molecule has 5 nitrogen and oxygen atoms in total. The van der Waals surface area contributed by atoms with Crippen LogP contribution in [-0.2, 0) is 4.74 Å². The Hall–Kier alpha value is -2.30. The standard InChI is InChI=1S/C14H16N2O3/c1-3-9-19-14(17)13-12(18-2)10-16(15-13)11-7-5-4-6-8-11/h4-8,10H,3,9H2,1-2H3. The number of hydrogen-bond acceptors (Lipinski definition) is 4. The van der Waals surface area contributed by atoms with E-state index in [0.717, 1.165) is 12.1 Å². The summed E-state index contributed by atoms with van der Waals surface area (Å²) in [5.41, 5.74) is 1.05. The fraction of sp³-hybridized carbons (Fsp3) is 0.286. The predicted molar refractivity (Wildman–Crippen MR) is 70.7 cm³/mol. The van der Waals surface area contributed by atoms with Crippen molar-refractivity contribution in [3.05, 3.63) is 42.2 Å². The molecule has 0 bridgehead atoms. The Morgan fingerprint density at radius 2 is 2.05 bits per heavy atom. The number of aromatic nitrogens is 2. The Bertz CT molecular complexity index is 549. The van der Waals surface area contributed by atoms with Crippen molar-refractivity contribution in [2.75, 3.05) is 13.7 Å². The van der Waals surface area contributed by atoms with Crippen LogP contribution in [0.2, 0.25) is 0 Å². The lowest BCUT2D eigenvalue weighted by Gasteiger charge is -2.01. The van der Waals surface area contributed by atoms with E-state index < -0.39 is 5.97 Å². The van der Waals surface area contributed by atoms with Gasteiger partial charge in [0.15, 0.2) is 5.75 Å². The number of ether oxygens (including phenoxy) is 2. The molecule has 0 aliphatic heterocycles. The lowest BCUT2D eigenvalue weighted by Crippen LogP contribution is -2.08. The van der Waals surface area contributed by atoms with Crippen LogP contribution in [0.15, 0.2) is 36.5 Å². The second-order valence-corrected chi connectivity index (χ2v) is 3.96. The highest BCUT2D eigenvalue weighted by molar-refractivity contribution is 5.90. The average molecular weight is 260 g/mol. The Balaban J connectivity index is 2.30. The minimum atomic E-state index is -0.464. The third-order valence-electron chi connectivity index (χ3n) is 2.55. The van der Waals surface area contributed by atoms with E-state index >= 15 is 0 Å². The Labute approximate surface area is 111 Å². The van der Waals surface area contributed by atoms with Crippen LogP contribution in [0.1, 0.15) is 23.8 Å². The first-order chi connectivity index (χ1) is 9.26. The molecule has 0 radical (unpaired) electrons. The van der Waals surface area contributed by atoms with E-state index in [1.807, 2.05) is 37.3 Å². The molecule has 0 fully saturated rings. The number of carbonyl (C=O) groups excluding carboxylic acids is 1. The zero-order valence-electron chi connectivity index (χ0n) is 11.0. The summed E-state index contributed by atoms with van der Waals surface area (Å²) in [6, 6.07) is 9.51. The zero-order valence-corrected chi connectivity index (χ0v) is 11.0. The van der Waals surface area contributed by atoms with Crippen molar-refractivity contribution < 1.29 is 14.3 Å². The summed E-state index contributed by atoms with van der Waals surface area (Å²) >= 11 is 0. The van der Waals surface area contributed by atoms with Gasteiger partial charge in [-0.05, 0) is 18.6 Å². The molecule has 0 amide bonds. The molecule has 0 unspecified atom stereocenters. The summed E-state index contributed by atoms with van der Waals surface area (Å²) in [6.45, 7) is 2.31. The first-order valence-corrected chi connectivity index (χ1v) is 6.12. The van der Waals surface area contributed by atoms with Gasteiger partial charge in [0.1, 0.15) is 0 Å². The summed E-state index contributed by atoms with van der Waals surface area (Å²) < 4.78 is 11.8. The molecule has 0 saturated carbocycles. The van der Waals surface area contributed by atoms with Gasteiger partial charge in [-0.2, -0.15) is 5.10 Å². The topological polar surface area (TPSA) is 53.3 Å². The predicted octanol–water partition coefficient (Wildman–Crippen LogP) is 2.45. The van der Waals surface area contributed by atoms with Crippen LogP contribution in [0.3, 0.4) is 0 Å². The van der Waals surface area contributed by atoms with Crippen molar-refractivity contribution >= 4 is 5.97 Å². The molecular formula is C14H16N2O3. The lowest BCUT2D eigenvalue weighted by atomic mass is 10.3. The highest BCUT2D eigenvalue weighted by atomic mass is 16.5. The third kappa shape index (κ3) is 2.93. The van der Waals surface area contributed by atoms with Crippen molar-refractivity contribution in [2.45, 2.75) is 13.3 Å². The van der Waals surface area contributed by atoms with Gasteiger partial charge in [-0.25, -0.2) is 9.48 Å². The van der Waals surface area contributed by atoms with Crippen molar-refractivity contribution in [3.8, 4) is 11.4 Å². The number of hydrogen-bond donors (Lipinski definition) is 0. The molecule has 0 aliphatic carbocycles. The van der Waals surface area contributed by atoms with Gasteiger partial charge in [-0.1, -0.05) is 25.1 Å². The third-order valence-corrected chi connectivity index (χ3v) is 2.55. The maximum atomic E-state index is 11.8. The van der Waals surface area contributed by atoms with E-state index in [1.54, 1.807) is 10.9 Å². The number of para-hydroxylation sites is 1. The number of carbonyl (C=O) groups is 1. The summed E-state index contributed by atoms with van der Waals surface area (Å²) in [5.74, 6) is -0.0571. The van der Waals surface area contributed by atoms with Gasteiger partial charge in [0.25, 0.3) is 0 Å². The molecule has 0 atom stereocenters. The molecule has 100 valence electrons. The molecule has 0 aliphatic rings. The zero-order chi connectivity index (χ0) is 13.7. The number of esters is 1. The monoisotopic (exact) mass is 260 g/mol. The van der Waals surface area contributed by atoms with E-state index in [-0.39, 0.29) is 5.69 Å². The highest BCUT2D eigenvalue weighted by Gasteiger charge is 2.19. The van der Waals surface area contributed by atoms with Crippen LogP contribution in [-0.4, -0.2) is 29.5 Å². The van der Waals surface area contributed by atoms with Gasteiger partial charge < -0.3 is 9.47 Å². The summed E-state index contributed by atoms with van der Waals surface area (Å²) in [4.78, 5) is 11.8. The van der Waals surface area contributed by atoms with Gasteiger partial charge in [-0.15, -0.1) is 0 Å². The van der Waals surface area contributed by atoms with Gasteiger partial charge in [0.2, 0.25) is 5.69 Å². The van der Waals surface area contributed by atoms with Crippen LogP contribution in [0, 0.1) is 0 Å². The second-order valence-electron chi connectivity index (χ2n) is 3.96. The molecule has 0 saturated heterocycles. The Morgan fingerprint density at radius 3 is 2.68 bits per heavy atom. The van der Waals surface area contributed by atoms with E-state index in [0.29, 0.717) is 12.4 Å². The molecule has 1 heterocycles. The molecule has 1 aromatic heterocycles. The maximum Gasteiger partial charge on any atom is 0.362 e. The van der Waals surface area contributed by atoms with E-state index in [2.05, 4.69) is 5.10 Å². The molecule has 0 N–H and O–H groups in total. The molecule has 1 aromatic carbocycles. The van der Waals surface area contributed by atoms with Crippen LogP contribution >= 0.6 is 0 Å². The van der Waals surface area contributed by atoms with E-state index in [1.165, 1.54) is 7.11 Å². The Kier molecular flexibility index (Phi) is 4.18. The number of nitrogens with zero attached hydrogens (tertiary/aromatic N) is 2. The van der Waals surface area contributed by atoms with Crippen LogP contribution in [0.5, 0.6) is 5.75 Å². The van der Waals surface area contributed by atoms with Crippen LogP contribution in [0.25, 0.3) is 5.69 Å². The molecule has 5 heteroatoms. The summed E-state index contributed by atoms with van der Waals surface area (Å²) in [6.07, 6.45) is 2.44. The first-order valence-electron chi connectivity index (χ1n) is 6.12. The fourth-order valence-corrected chi connectivity index (χ4v) is 1.63. The highest BCUT2D eigenvalue weighted by Crippen LogP contribution is 2.20. The summed E-state index contributed by atoms with van der Waals surface area (Å²) in [7, 11) is 1.50. The quantitative estimate of drug-likeness (QED) is 0.775. The second kappa shape index (κ2) is 6.04. The first kappa shape index (κ1) is 13.1. The van der Waals surface area contributed by atoms with Gasteiger partial charge in [0.05, 0.1) is 25.6 Å². The molecule has 2 aromatic rings. The smallest absolute Gasteiger partial charge is 0.362 e. The number of benzene rings is 1. The van der Waals surface area contributed by atoms with Gasteiger partial charge in [0, 0.05) is 0 Å². The number of methoxy groups -OCH3 is 1. The number of rotatable bonds is 5. The van der Waals surface area contributed by atoms with Gasteiger partial charge in [-0.3, -0.25) is 0 Å². The van der Waals surface area contributed by atoms with Gasteiger partial charge >= 0.3 is 5.97 Å². The fourth-order valence-electron chi connectivity index (χ4n) is 1.63. The molecule has 19 heavy (non-hydrogen) atoms. The average Bonchev–Trinajstić information content (AvgIpc) is 2.90. The van der Waals surface area contributed by atoms with E-state index in [4.69, 9.17) is 9.47 Å². The lowest BCUT2D eigenvalue weighted by molar-refractivity contribution is 0.0494. The largest absolute Gasteiger partial charge is 0.493 e. The summed E-state index contributed by atoms with van der Waals surface area (Å²) in [5, 5.41) is 4.22. The molecular weight excluding hydrogens is 244 g/mol. The van der Waals surface area contributed by atoms with E-state index in [9.17, 15) is 4.79 Å². The minimum absolute atomic E-state index is 0.194.